The average molecular weight is 420 g/mol. The Morgan fingerprint density at radius 3 is 2.45 bits per heavy atom. The maximum absolute atomic E-state index is 13.4. The second kappa shape index (κ2) is 8.36. The minimum atomic E-state index is -3.52. The first kappa shape index (κ1) is 20.8. The lowest BCUT2D eigenvalue weighted by Crippen LogP contribution is -2.50. The summed E-state index contributed by atoms with van der Waals surface area (Å²) in [5.41, 5.74) is 1.81. The van der Waals surface area contributed by atoms with E-state index >= 15 is 0 Å². The number of hydrogen-bond acceptors (Lipinski definition) is 4. The number of rotatable bonds is 3. The van der Waals surface area contributed by atoms with Crippen LogP contribution in [0.15, 0.2) is 23.1 Å². The number of sulfonamides is 1. The van der Waals surface area contributed by atoms with Crippen molar-refractivity contribution in [3.05, 3.63) is 23.8 Å². The number of carbonyl (C=O) groups is 1. The lowest BCUT2D eigenvalue weighted by Gasteiger charge is -2.38. The molecule has 160 valence electrons. The molecule has 29 heavy (non-hydrogen) atoms. The van der Waals surface area contributed by atoms with Gasteiger partial charge in [0.05, 0.1) is 4.90 Å². The van der Waals surface area contributed by atoms with E-state index in [4.69, 9.17) is 0 Å². The van der Waals surface area contributed by atoms with Crippen molar-refractivity contribution in [3.63, 3.8) is 0 Å². The number of likely N-dealkylation sites (tertiary alicyclic amines) is 1. The molecule has 2 fully saturated rings. The van der Waals surface area contributed by atoms with Gasteiger partial charge >= 0.3 is 0 Å². The standard InChI is InChI=1S/C22H33N3O3S/c1-17-14-19-15-21(9-10-22(19)25(17)18(2)26)29(27,28)24-13-7-8-20(16-24)23-11-5-3-4-6-12-23/h9-10,15,17,20H,3-8,11-14,16H2,1-2H3. The summed E-state index contributed by atoms with van der Waals surface area (Å²) >= 11 is 0. The molecule has 3 aliphatic rings. The maximum Gasteiger partial charge on any atom is 0.243 e. The molecule has 0 radical (unpaired) electrons. The number of piperidine rings is 1. The Hall–Kier alpha value is -1.44. The Morgan fingerprint density at radius 2 is 1.76 bits per heavy atom. The van der Waals surface area contributed by atoms with Gasteiger partial charge in [-0.2, -0.15) is 4.31 Å². The molecule has 1 aromatic carbocycles. The lowest BCUT2D eigenvalue weighted by molar-refractivity contribution is -0.116. The van der Waals surface area contributed by atoms with Crippen LogP contribution in [0.25, 0.3) is 0 Å². The van der Waals surface area contributed by atoms with Crippen LogP contribution in [0.4, 0.5) is 5.69 Å². The minimum absolute atomic E-state index is 0.00294. The SMILES string of the molecule is CC(=O)N1c2ccc(S(=O)(=O)N3CCCC(N4CCCCCC4)C3)cc2CC1C. The summed E-state index contributed by atoms with van der Waals surface area (Å²) in [4.78, 5) is 16.6. The van der Waals surface area contributed by atoms with Crippen LogP contribution < -0.4 is 4.90 Å². The molecule has 0 N–H and O–H groups in total. The molecule has 4 rings (SSSR count). The van der Waals surface area contributed by atoms with Crippen LogP contribution in [0, 0.1) is 0 Å². The maximum atomic E-state index is 13.4. The van der Waals surface area contributed by atoms with E-state index in [-0.39, 0.29) is 11.9 Å². The number of nitrogens with zero attached hydrogens (tertiary/aromatic N) is 3. The number of carbonyl (C=O) groups excluding carboxylic acids is 1. The summed E-state index contributed by atoms with van der Waals surface area (Å²) in [5.74, 6) is 0.00294. The third-order valence-electron chi connectivity index (χ3n) is 6.76. The molecule has 0 aromatic heterocycles. The molecule has 0 spiro atoms. The van der Waals surface area contributed by atoms with Crippen molar-refractivity contribution < 1.29 is 13.2 Å². The quantitative estimate of drug-likeness (QED) is 0.756. The summed E-state index contributed by atoms with van der Waals surface area (Å²) in [5, 5.41) is 0. The fraction of sp³-hybridized carbons (Fsp3) is 0.682. The Morgan fingerprint density at radius 1 is 1.03 bits per heavy atom. The molecular weight excluding hydrogens is 386 g/mol. The highest BCUT2D eigenvalue weighted by Gasteiger charge is 2.35. The summed E-state index contributed by atoms with van der Waals surface area (Å²) in [6, 6.07) is 5.68. The molecule has 1 aromatic rings. The second-order valence-corrected chi connectivity index (χ2v) is 10.8. The Balaban J connectivity index is 1.54. The summed E-state index contributed by atoms with van der Waals surface area (Å²) < 4.78 is 28.5. The van der Waals surface area contributed by atoms with Gasteiger partial charge in [-0.3, -0.25) is 9.69 Å². The number of amides is 1. The molecule has 7 heteroatoms. The highest BCUT2D eigenvalue weighted by molar-refractivity contribution is 7.89. The van der Waals surface area contributed by atoms with Crippen LogP contribution in [-0.2, 0) is 21.2 Å². The summed E-state index contributed by atoms with van der Waals surface area (Å²) in [6.07, 6.45) is 7.72. The van der Waals surface area contributed by atoms with E-state index in [1.807, 2.05) is 13.0 Å². The molecule has 0 bridgehead atoms. The van der Waals surface area contributed by atoms with Crippen LogP contribution in [0.5, 0.6) is 0 Å². The monoisotopic (exact) mass is 419 g/mol. The van der Waals surface area contributed by atoms with Gasteiger partial charge in [0.2, 0.25) is 15.9 Å². The third kappa shape index (κ3) is 4.09. The van der Waals surface area contributed by atoms with Gasteiger partial charge in [0.25, 0.3) is 0 Å². The highest BCUT2D eigenvalue weighted by Crippen LogP contribution is 2.35. The number of anilines is 1. The Bertz CT molecular complexity index is 862. The van der Waals surface area contributed by atoms with E-state index in [9.17, 15) is 13.2 Å². The van der Waals surface area contributed by atoms with Crippen molar-refractivity contribution in [1.82, 2.24) is 9.21 Å². The summed E-state index contributed by atoms with van der Waals surface area (Å²) in [6.45, 7) is 6.94. The molecular formula is C22H33N3O3S. The van der Waals surface area contributed by atoms with E-state index in [0.717, 1.165) is 37.2 Å². The summed E-state index contributed by atoms with van der Waals surface area (Å²) in [7, 11) is -3.52. The van der Waals surface area contributed by atoms with Crippen LogP contribution in [0.3, 0.4) is 0 Å². The molecule has 3 aliphatic heterocycles. The largest absolute Gasteiger partial charge is 0.309 e. The lowest BCUT2D eigenvalue weighted by atomic mass is 10.1. The van der Waals surface area contributed by atoms with E-state index < -0.39 is 10.0 Å². The van der Waals surface area contributed by atoms with Gasteiger partial charge in [-0.1, -0.05) is 12.8 Å². The zero-order valence-electron chi connectivity index (χ0n) is 17.6. The predicted molar refractivity (Wildman–Crippen MR) is 115 cm³/mol. The highest BCUT2D eigenvalue weighted by atomic mass is 32.2. The van der Waals surface area contributed by atoms with E-state index in [1.165, 1.54) is 25.7 Å². The Kier molecular flexibility index (Phi) is 6.00. The van der Waals surface area contributed by atoms with Crippen LogP contribution in [0.1, 0.15) is 57.9 Å². The fourth-order valence-corrected chi connectivity index (χ4v) is 6.86. The van der Waals surface area contributed by atoms with Gasteiger partial charge in [-0.25, -0.2) is 8.42 Å². The predicted octanol–water partition coefficient (Wildman–Crippen LogP) is 3.01. The van der Waals surface area contributed by atoms with Crippen LogP contribution in [0.2, 0.25) is 0 Å². The molecule has 6 nitrogen and oxygen atoms in total. The first-order valence-electron chi connectivity index (χ1n) is 11.0. The molecule has 3 heterocycles. The first-order chi connectivity index (χ1) is 13.9. The smallest absolute Gasteiger partial charge is 0.243 e. The van der Waals surface area contributed by atoms with Crippen molar-refractivity contribution >= 4 is 21.6 Å². The topological polar surface area (TPSA) is 60.9 Å². The molecule has 2 saturated heterocycles. The first-order valence-corrected chi connectivity index (χ1v) is 12.5. The van der Waals surface area contributed by atoms with Gasteiger partial charge in [0.1, 0.15) is 0 Å². The van der Waals surface area contributed by atoms with Gasteiger partial charge in [0.15, 0.2) is 0 Å². The average Bonchev–Trinajstić information content (AvgIpc) is 2.85. The van der Waals surface area contributed by atoms with E-state index in [1.54, 1.807) is 28.3 Å². The number of fused-ring (bicyclic) bond motifs is 1. The van der Waals surface area contributed by atoms with Gasteiger partial charge < -0.3 is 4.90 Å². The van der Waals surface area contributed by atoms with Crippen molar-refractivity contribution in [2.24, 2.45) is 0 Å². The van der Waals surface area contributed by atoms with Crippen LogP contribution >= 0.6 is 0 Å². The van der Waals surface area contributed by atoms with Gasteiger partial charge in [-0.05, 0) is 75.9 Å². The van der Waals surface area contributed by atoms with Crippen molar-refractivity contribution in [3.8, 4) is 0 Å². The van der Waals surface area contributed by atoms with Gasteiger partial charge in [0, 0.05) is 37.8 Å². The number of benzene rings is 1. The molecule has 1 amide bonds. The van der Waals surface area contributed by atoms with Crippen molar-refractivity contribution in [1.29, 1.82) is 0 Å². The van der Waals surface area contributed by atoms with E-state index in [0.29, 0.717) is 30.4 Å². The van der Waals surface area contributed by atoms with Crippen LogP contribution in [-0.4, -0.2) is 61.8 Å². The Labute approximate surface area is 174 Å². The van der Waals surface area contributed by atoms with Crippen molar-refractivity contribution in [2.45, 2.75) is 75.8 Å². The van der Waals surface area contributed by atoms with E-state index in [2.05, 4.69) is 4.90 Å². The second-order valence-electron chi connectivity index (χ2n) is 8.84. The zero-order valence-corrected chi connectivity index (χ0v) is 18.5. The number of hydrogen-bond donors (Lipinski definition) is 0. The van der Waals surface area contributed by atoms with Crippen molar-refractivity contribution in [2.75, 3.05) is 31.1 Å². The molecule has 2 unspecified atom stereocenters. The normalized spacial score (nSPS) is 26.9. The third-order valence-corrected chi connectivity index (χ3v) is 8.62. The fourth-order valence-electron chi connectivity index (χ4n) is 5.29. The van der Waals surface area contributed by atoms with Gasteiger partial charge in [-0.15, -0.1) is 0 Å². The molecule has 0 aliphatic carbocycles. The zero-order chi connectivity index (χ0) is 20.6. The molecule has 0 saturated carbocycles. The molecule has 2 atom stereocenters. The minimum Gasteiger partial charge on any atom is -0.309 e.